The van der Waals surface area contributed by atoms with Gasteiger partial charge >= 0.3 is 0 Å². The Kier molecular flexibility index (Phi) is 5.41. The number of carbonyl (C=O) groups excluding carboxylic acids is 2. The minimum atomic E-state index is -0.183. The molecule has 0 spiro atoms. The number of aromatic nitrogens is 1. The molecule has 0 unspecified atom stereocenters. The van der Waals surface area contributed by atoms with E-state index in [9.17, 15) is 9.59 Å². The van der Waals surface area contributed by atoms with E-state index in [0.29, 0.717) is 17.8 Å². The van der Waals surface area contributed by atoms with Gasteiger partial charge in [-0.15, -0.1) is 11.3 Å². The van der Waals surface area contributed by atoms with Crippen molar-refractivity contribution in [3.8, 4) is 0 Å². The molecule has 0 bridgehead atoms. The number of hydrogen-bond donors (Lipinski definition) is 2. The highest BCUT2D eigenvalue weighted by atomic mass is 35.5. The van der Waals surface area contributed by atoms with Gasteiger partial charge in [-0.05, 0) is 48.4 Å². The Balaban J connectivity index is 1.28. The quantitative estimate of drug-likeness (QED) is 0.628. The number of pyridine rings is 1. The van der Waals surface area contributed by atoms with Crippen LogP contribution in [0.2, 0.25) is 4.34 Å². The fourth-order valence-corrected chi connectivity index (χ4v) is 4.30. The minimum Gasteiger partial charge on any atom is -0.352 e. The summed E-state index contributed by atoms with van der Waals surface area (Å²) in [4.78, 5) is 29.7. The number of hydrogen-bond acceptors (Lipinski definition) is 4. The first kappa shape index (κ1) is 18.7. The predicted molar refractivity (Wildman–Crippen MR) is 111 cm³/mol. The monoisotopic (exact) mass is 411 g/mol. The average Bonchev–Trinajstić information content (AvgIpc) is 3.41. The zero-order valence-electron chi connectivity index (χ0n) is 14.9. The van der Waals surface area contributed by atoms with E-state index in [0.717, 1.165) is 16.3 Å². The molecule has 2 N–H and O–H groups in total. The Morgan fingerprint density at radius 1 is 1.07 bits per heavy atom. The smallest absolute Gasteiger partial charge is 0.255 e. The van der Waals surface area contributed by atoms with E-state index in [1.807, 2.05) is 24.3 Å². The van der Waals surface area contributed by atoms with Crippen LogP contribution >= 0.6 is 22.9 Å². The molecule has 2 aromatic heterocycles. The molecule has 4 rings (SSSR count). The van der Waals surface area contributed by atoms with Crippen molar-refractivity contribution in [2.24, 2.45) is 5.92 Å². The average molecular weight is 412 g/mol. The van der Waals surface area contributed by atoms with Gasteiger partial charge in [-0.2, -0.15) is 0 Å². The summed E-state index contributed by atoms with van der Waals surface area (Å²) >= 11 is 7.51. The molecule has 5 nitrogen and oxygen atoms in total. The van der Waals surface area contributed by atoms with Crippen LogP contribution in [0.5, 0.6) is 0 Å². The molecule has 28 heavy (non-hydrogen) atoms. The summed E-state index contributed by atoms with van der Waals surface area (Å²) in [7, 11) is 0. The predicted octanol–water partition coefficient (Wildman–Crippen LogP) is 4.47. The summed E-state index contributed by atoms with van der Waals surface area (Å²) in [5.41, 5.74) is 2.20. The van der Waals surface area contributed by atoms with Gasteiger partial charge in [0.15, 0.2) is 0 Å². The second-order valence-electron chi connectivity index (χ2n) is 6.70. The van der Waals surface area contributed by atoms with Crippen LogP contribution in [-0.2, 0) is 11.3 Å². The number of thiophene rings is 1. The number of carbonyl (C=O) groups is 2. The number of benzene rings is 1. The molecule has 3 aromatic rings. The number of halogens is 1. The highest BCUT2D eigenvalue weighted by Gasteiger charge is 2.44. The zero-order valence-corrected chi connectivity index (χ0v) is 16.5. The standard InChI is InChI=1S/C21H18ClN3O2S/c22-19-6-5-18(28-19)16-11-17(16)21(27)24-12-13-1-3-14(4-2-13)20(26)25-15-7-9-23-10-8-15/h1-10,16-17H,11-12H2,(H,24,27)(H,23,25,26)/t16-,17-/m1/s1. The lowest BCUT2D eigenvalue weighted by Crippen LogP contribution is -2.24. The minimum absolute atomic E-state index is 0.0279. The maximum absolute atomic E-state index is 12.3. The van der Waals surface area contributed by atoms with Crippen LogP contribution in [0.4, 0.5) is 5.69 Å². The SMILES string of the molecule is O=C(Nc1ccncc1)c1ccc(CNC(=O)[C@@H]2C[C@H]2c2ccc(Cl)s2)cc1. The third-order valence-corrected chi connectivity index (χ3v) is 6.07. The lowest BCUT2D eigenvalue weighted by atomic mass is 10.1. The van der Waals surface area contributed by atoms with E-state index in [1.165, 1.54) is 4.88 Å². The van der Waals surface area contributed by atoms with E-state index in [2.05, 4.69) is 15.6 Å². The van der Waals surface area contributed by atoms with Crippen molar-refractivity contribution in [3.63, 3.8) is 0 Å². The molecule has 1 aromatic carbocycles. The summed E-state index contributed by atoms with van der Waals surface area (Å²) < 4.78 is 0.758. The van der Waals surface area contributed by atoms with Gasteiger partial charge in [0.2, 0.25) is 5.91 Å². The van der Waals surface area contributed by atoms with Gasteiger partial charge in [-0.1, -0.05) is 23.7 Å². The van der Waals surface area contributed by atoms with Crippen LogP contribution in [0, 0.1) is 5.92 Å². The number of rotatable bonds is 6. The molecule has 0 radical (unpaired) electrons. The topological polar surface area (TPSA) is 71.1 Å². The van der Waals surface area contributed by atoms with Crippen molar-refractivity contribution >= 4 is 40.4 Å². The maximum Gasteiger partial charge on any atom is 0.255 e. The first-order valence-corrected chi connectivity index (χ1v) is 10.1. The Morgan fingerprint density at radius 3 is 2.50 bits per heavy atom. The first-order valence-electron chi connectivity index (χ1n) is 8.93. The number of nitrogens with one attached hydrogen (secondary N) is 2. The number of anilines is 1. The fourth-order valence-electron chi connectivity index (χ4n) is 3.06. The van der Waals surface area contributed by atoms with Gasteiger partial charge in [0, 0.05) is 46.9 Å². The third-order valence-electron chi connectivity index (χ3n) is 4.71. The van der Waals surface area contributed by atoms with Crippen LogP contribution in [0.1, 0.15) is 33.1 Å². The van der Waals surface area contributed by atoms with Crippen molar-refractivity contribution in [2.45, 2.75) is 18.9 Å². The van der Waals surface area contributed by atoms with Crippen LogP contribution in [0.25, 0.3) is 0 Å². The normalized spacial score (nSPS) is 17.8. The largest absolute Gasteiger partial charge is 0.352 e. The van der Waals surface area contributed by atoms with Crippen LogP contribution < -0.4 is 10.6 Å². The van der Waals surface area contributed by atoms with Crippen molar-refractivity contribution < 1.29 is 9.59 Å². The van der Waals surface area contributed by atoms with E-state index in [1.54, 1.807) is 48.0 Å². The highest BCUT2D eigenvalue weighted by Crippen LogP contribution is 2.50. The van der Waals surface area contributed by atoms with E-state index in [-0.39, 0.29) is 23.7 Å². The maximum atomic E-state index is 12.3. The van der Waals surface area contributed by atoms with Gasteiger partial charge < -0.3 is 10.6 Å². The second-order valence-corrected chi connectivity index (χ2v) is 8.44. The molecule has 1 aliphatic rings. The Morgan fingerprint density at radius 2 is 1.82 bits per heavy atom. The first-order chi connectivity index (χ1) is 13.6. The molecule has 7 heteroatoms. The molecule has 0 aliphatic heterocycles. The summed E-state index contributed by atoms with van der Waals surface area (Å²) in [6.07, 6.45) is 4.12. The van der Waals surface area contributed by atoms with Crippen LogP contribution in [0.3, 0.4) is 0 Å². The van der Waals surface area contributed by atoms with Crippen molar-refractivity contribution in [2.75, 3.05) is 5.32 Å². The third kappa shape index (κ3) is 4.40. The van der Waals surface area contributed by atoms with Crippen molar-refractivity contribution in [3.05, 3.63) is 81.3 Å². The van der Waals surface area contributed by atoms with Gasteiger partial charge in [-0.25, -0.2) is 0 Å². The van der Waals surface area contributed by atoms with Crippen molar-refractivity contribution in [1.82, 2.24) is 10.3 Å². The molecule has 142 valence electrons. The molecular weight excluding hydrogens is 394 g/mol. The highest BCUT2D eigenvalue weighted by molar-refractivity contribution is 7.16. The van der Waals surface area contributed by atoms with E-state index in [4.69, 9.17) is 11.6 Å². The zero-order chi connectivity index (χ0) is 19.5. The molecule has 1 aliphatic carbocycles. The van der Waals surface area contributed by atoms with Gasteiger partial charge in [0.05, 0.1) is 4.34 Å². The summed E-state index contributed by atoms with van der Waals surface area (Å²) in [5.74, 6) is 0.197. The van der Waals surface area contributed by atoms with E-state index >= 15 is 0 Å². The summed E-state index contributed by atoms with van der Waals surface area (Å²) in [6, 6.07) is 14.6. The number of amides is 2. The van der Waals surface area contributed by atoms with Gasteiger partial charge in [-0.3, -0.25) is 14.6 Å². The molecule has 1 saturated carbocycles. The number of nitrogens with zero attached hydrogens (tertiary/aromatic N) is 1. The van der Waals surface area contributed by atoms with Crippen LogP contribution in [-0.4, -0.2) is 16.8 Å². The van der Waals surface area contributed by atoms with Crippen molar-refractivity contribution in [1.29, 1.82) is 0 Å². The van der Waals surface area contributed by atoms with E-state index < -0.39 is 0 Å². The Labute approximate surface area is 171 Å². The molecule has 2 atom stereocenters. The Hall–Kier alpha value is -2.70. The second kappa shape index (κ2) is 8.12. The molecule has 2 heterocycles. The summed E-state index contributed by atoms with van der Waals surface area (Å²) in [5, 5.41) is 5.80. The fraction of sp³-hybridized carbons (Fsp3) is 0.190. The Bertz CT molecular complexity index is 988. The lowest BCUT2D eigenvalue weighted by Gasteiger charge is -2.07. The van der Waals surface area contributed by atoms with Gasteiger partial charge in [0.25, 0.3) is 5.91 Å². The lowest BCUT2D eigenvalue weighted by molar-refractivity contribution is -0.122. The molecule has 0 saturated heterocycles. The van der Waals surface area contributed by atoms with Gasteiger partial charge in [0.1, 0.15) is 0 Å². The molecule has 1 fully saturated rings. The molecule has 2 amide bonds. The summed E-state index contributed by atoms with van der Waals surface area (Å²) in [6.45, 7) is 0.444. The molecular formula is C21H18ClN3O2S. The van der Waals surface area contributed by atoms with Crippen LogP contribution in [0.15, 0.2) is 60.9 Å².